The first kappa shape index (κ1) is 6.78. The summed E-state index contributed by atoms with van der Waals surface area (Å²) < 4.78 is 0. The van der Waals surface area contributed by atoms with Gasteiger partial charge in [0.1, 0.15) is 0 Å². The second kappa shape index (κ2) is 3.64. The van der Waals surface area contributed by atoms with Gasteiger partial charge in [-0.3, -0.25) is 0 Å². The first-order valence-corrected chi connectivity index (χ1v) is 3.48. The number of rotatable bonds is 2. The van der Waals surface area contributed by atoms with E-state index in [1.807, 2.05) is 6.08 Å². The lowest BCUT2D eigenvalue weighted by atomic mass is 10.3. The van der Waals surface area contributed by atoms with Crippen LogP contribution in [-0.2, 0) is 0 Å². The average Bonchev–Trinajstić information content (AvgIpc) is 1.91. The maximum atomic E-state index is 3.69. The topological polar surface area (TPSA) is 24.1 Å². The molecule has 1 rings (SSSR count). The van der Waals surface area contributed by atoms with Crippen molar-refractivity contribution < 1.29 is 0 Å². The summed E-state index contributed by atoms with van der Waals surface area (Å²) in [5.74, 6) is 0. The van der Waals surface area contributed by atoms with E-state index in [9.17, 15) is 0 Å². The molecular formula is C7H14N2. The first-order valence-electron chi connectivity index (χ1n) is 3.48. The summed E-state index contributed by atoms with van der Waals surface area (Å²) in [6.45, 7) is 6.98. The van der Waals surface area contributed by atoms with E-state index in [0.29, 0.717) is 6.04 Å². The van der Waals surface area contributed by atoms with Gasteiger partial charge in [-0.05, 0) is 6.42 Å². The van der Waals surface area contributed by atoms with Crippen LogP contribution in [0.3, 0.4) is 0 Å². The van der Waals surface area contributed by atoms with Crippen LogP contribution in [-0.4, -0.2) is 25.7 Å². The third-order valence-electron chi connectivity index (χ3n) is 1.58. The van der Waals surface area contributed by atoms with Crippen molar-refractivity contribution in [1.82, 2.24) is 10.6 Å². The third-order valence-corrected chi connectivity index (χ3v) is 1.58. The minimum absolute atomic E-state index is 0.622. The summed E-state index contributed by atoms with van der Waals surface area (Å²) in [7, 11) is 0. The molecule has 1 aliphatic rings. The molecule has 0 aromatic heterocycles. The SMILES string of the molecule is C=CCC1[13CH2]NCCN1. The Morgan fingerprint density at radius 3 is 3.00 bits per heavy atom. The Bertz CT molecular complexity index is 84.9. The minimum Gasteiger partial charge on any atom is -0.314 e. The molecule has 1 aliphatic heterocycles. The van der Waals surface area contributed by atoms with Gasteiger partial charge >= 0.3 is 0 Å². The Kier molecular flexibility index (Phi) is 2.74. The zero-order valence-corrected chi connectivity index (χ0v) is 5.69. The van der Waals surface area contributed by atoms with Gasteiger partial charge in [0.2, 0.25) is 0 Å². The van der Waals surface area contributed by atoms with Crippen molar-refractivity contribution in [2.75, 3.05) is 19.6 Å². The highest BCUT2D eigenvalue weighted by Gasteiger charge is 2.08. The van der Waals surface area contributed by atoms with E-state index in [4.69, 9.17) is 0 Å². The van der Waals surface area contributed by atoms with Crippen molar-refractivity contribution >= 4 is 0 Å². The molecule has 0 aromatic carbocycles. The predicted molar refractivity (Wildman–Crippen MR) is 39.5 cm³/mol. The fraction of sp³-hybridized carbons (Fsp3) is 0.714. The van der Waals surface area contributed by atoms with E-state index in [-0.39, 0.29) is 0 Å². The number of hydrogen-bond donors (Lipinski definition) is 2. The standard InChI is InChI=1S/C7H14N2/c1-2-3-7-6-8-4-5-9-7/h2,7-9H,1,3-6H2/i6+1. The molecule has 0 amide bonds. The fourth-order valence-corrected chi connectivity index (χ4v) is 1.08. The van der Waals surface area contributed by atoms with Gasteiger partial charge in [-0.1, -0.05) is 6.08 Å². The smallest absolute Gasteiger partial charge is 0.0227 e. The molecule has 1 saturated heterocycles. The molecule has 0 radical (unpaired) electrons. The molecule has 1 heterocycles. The lowest BCUT2D eigenvalue weighted by Crippen LogP contribution is -2.47. The number of piperazine rings is 1. The van der Waals surface area contributed by atoms with Gasteiger partial charge < -0.3 is 10.6 Å². The van der Waals surface area contributed by atoms with Crippen molar-refractivity contribution in [1.29, 1.82) is 0 Å². The minimum atomic E-state index is 0.622. The molecule has 1 atom stereocenters. The largest absolute Gasteiger partial charge is 0.314 e. The molecule has 52 valence electrons. The third kappa shape index (κ3) is 2.16. The van der Waals surface area contributed by atoms with Gasteiger partial charge in [0.15, 0.2) is 0 Å². The summed E-state index contributed by atoms with van der Waals surface area (Å²) >= 11 is 0. The predicted octanol–water partition coefficient (Wildman–Crippen LogP) is 0.124. The van der Waals surface area contributed by atoms with Gasteiger partial charge in [-0.25, -0.2) is 0 Å². The van der Waals surface area contributed by atoms with E-state index in [2.05, 4.69) is 17.2 Å². The van der Waals surface area contributed by atoms with Crippen LogP contribution in [0.15, 0.2) is 12.7 Å². The van der Waals surface area contributed by atoms with E-state index < -0.39 is 0 Å². The number of hydrogen-bond acceptors (Lipinski definition) is 2. The van der Waals surface area contributed by atoms with Crippen LogP contribution in [0.1, 0.15) is 6.42 Å². The molecule has 1 fully saturated rings. The Hall–Kier alpha value is -0.340. The van der Waals surface area contributed by atoms with Crippen LogP contribution in [0, 0.1) is 0 Å². The second-order valence-electron chi connectivity index (χ2n) is 2.38. The Labute approximate surface area is 56.3 Å². The van der Waals surface area contributed by atoms with Gasteiger partial charge in [0.25, 0.3) is 0 Å². The van der Waals surface area contributed by atoms with Crippen LogP contribution in [0.2, 0.25) is 0 Å². The van der Waals surface area contributed by atoms with E-state index >= 15 is 0 Å². The van der Waals surface area contributed by atoms with Crippen LogP contribution in [0.5, 0.6) is 0 Å². The molecule has 2 N–H and O–H groups in total. The molecule has 9 heavy (non-hydrogen) atoms. The van der Waals surface area contributed by atoms with Crippen molar-refractivity contribution in [3.63, 3.8) is 0 Å². The quantitative estimate of drug-likeness (QED) is 0.407. The highest BCUT2D eigenvalue weighted by molar-refractivity contribution is 4.82. The summed E-state index contributed by atoms with van der Waals surface area (Å²) in [6.07, 6.45) is 3.04. The van der Waals surface area contributed by atoms with Gasteiger partial charge in [-0.2, -0.15) is 0 Å². The van der Waals surface area contributed by atoms with Crippen molar-refractivity contribution in [3.05, 3.63) is 12.7 Å². The lowest BCUT2D eigenvalue weighted by Gasteiger charge is -2.22. The van der Waals surface area contributed by atoms with Crippen LogP contribution in [0.4, 0.5) is 0 Å². The van der Waals surface area contributed by atoms with Gasteiger partial charge in [-0.15, -0.1) is 6.58 Å². The van der Waals surface area contributed by atoms with Crippen LogP contribution >= 0.6 is 0 Å². The normalized spacial score (nSPS) is 27.8. The molecule has 0 bridgehead atoms. The summed E-state index contributed by atoms with van der Waals surface area (Å²) in [5.41, 5.74) is 0. The van der Waals surface area contributed by atoms with Crippen LogP contribution < -0.4 is 10.6 Å². The zero-order chi connectivity index (χ0) is 6.53. The Morgan fingerprint density at radius 1 is 1.56 bits per heavy atom. The molecule has 0 spiro atoms. The van der Waals surface area contributed by atoms with Crippen molar-refractivity contribution in [2.45, 2.75) is 12.5 Å². The fourth-order valence-electron chi connectivity index (χ4n) is 1.08. The van der Waals surface area contributed by atoms with Crippen molar-refractivity contribution in [2.24, 2.45) is 0 Å². The monoisotopic (exact) mass is 127 g/mol. The number of nitrogens with one attached hydrogen (secondary N) is 2. The van der Waals surface area contributed by atoms with Crippen LogP contribution in [0.25, 0.3) is 0 Å². The van der Waals surface area contributed by atoms with Crippen molar-refractivity contribution in [3.8, 4) is 0 Å². The summed E-state index contributed by atoms with van der Waals surface area (Å²) in [4.78, 5) is 0. The molecule has 1 unspecified atom stereocenters. The molecule has 0 saturated carbocycles. The first-order chi connectivity index (χ1) is 4.43. The van der Waals surface area contributed by atoms with E-state index in [1.54, 1.807) is 0 Å². The maximum absolute atomic E-state index is 3.69. The highest BCUT2D eigenvalue weighted by Crippen LogP contribution is 1.92. The molecule has 0 aliphatic carbocycles. The van der Waals surface area contributed by atoms with E-state index in [0.717, 1.165) is 26.1 Å². The molecule has 2 nitrogen and oxygen atoms in total. The Morgan fingerprint density at radius 2 is 2.44 bits per heavy atom. The van der Waals surface area contributed by atoms with E-state index in [1.165, 1.54) is 0 Å². The molecule has 0 aromatic rings. The average molecular weight is 127 g/mol. The Balaban J connectivity index is 2.15. The second-order valence-corrected chi connectivity index (χ2v) is 2.38. The molecular weight excluding hydrogens is 113 g/mol. The highest BCUT2D eigenvalue weighted by atomic mass is 15.2. The molecule has 2 heteroatoms. The van der Waals surface area contributed by atoms with Gasteiger partial charge in [0, 0.05) is 25.7 Å². The van der Waals surface area contributed by atoms with Gasteiger partial charge in [0.05, 0.1) is 0 Å². The summed E-state index contributed by atoms with van der Waals surface area (Å²) in [6, 6.07) is 0.622. The maximum Gasteiger partial charge on any atom is 0.0227 e. The zero-order valence-electron chi connectivity index (χ0n) is 5.69. The lowest BCUT2D eigenvalue weighted by molar-refractivity contribution is 0.421. The summed E-state index contributed by atoms with van der Waals surface area (Å²) in [5, 5.41) is 6.70.